The van der Waals surface area contributed by atoms with Crippen LogP contribution in [0.4, 0.5) is 14.9 Å². The van der Waals surface area contributed by atoms with Crippen LogP contribution in [0.2, 0.25) is 0 Å². The quantitative estimate of drug-likeness (QED) is 0.112. The number of amides is 1. The van der Waals surface area contributed by atoms with E-state index in [-0.39, 0.29) is 29.0 Å². The molecule has 0 unspecified atom stereocenters. The van der Waals surface area contributed by atoms with E-state index in [0.29, 0.717) is 23.1 Å². The number of hydrogen-bond acceptors (Lipinski definition) is 9. The number of hydrogen-bond donors (Lipinski definition) is 3. The van der Waals surface area contributed by atoms with E-state index in [1.807, 2.05) is 0 Å². The number of nitrogens with zero attached hydrogens (tertiary/aromatic N) is 2. The predicted molar refractivity (Wildman–Crippen MR) is 141 cm³/mol. The van der Waals surface area contributed by atoms with Crippen molar-refractivity contribution < 1.29 is 46.9 Å². The maximum atomic E-state index is 15.4. The van der Waals surface area contributed by atoms with E-state index in [0.717, 1.165) is 26.2 Å². The second-order valence-electron chi connectivity index (χ2n) is 9.06. The molecule has 212 valence electrons. The number of carbonyl (C=O) groups is 1. The van der Waals surface area contributed by atoms with Gasteiger partial charge in [-0.05, 0) is 0 Å². The minimum absolute atomic E-state index is 0.0461. The third-order valence-electron chi connectivity index (χ3n) is 6.18. The van der Waals surface area contributed by atoms with Gasteiger partial charge in [0, 0.05) is 14.1 Å². The fourth-order valence-corrected chi connectivity index (χ4v) is 7.02. The molecule has 0 radical (unpaired) electrons. The van der Waals surface area contributed by atoms with Crippen molar-refractivity contribution in [2.24, 2.45) is 0 Å². The summed E-state index contributed by atoms with van der Waals surface area (Å²) in [6, 6.07) is 9.50. The van der Waals surface area contributed by atoms with Crippen molar-refractivity contribution in [3.05, 3.63) is 69.3 Å². The fraction of sp³-hybridized carbons (Fsp3) is 0.360. The van der Waals surface area contributed by atoms with Gasteiger partial charge >= 0.3 is 212 Å². The first-order valence-electron chi connectivity index (χ1n) is 12.1. The molecule has 39 heavy (non-hydrogen) atoms. The number of fused-ring (bicyclic) bond motifs is 1. The van der Waals surface area contributed by atoms with Crippen LogP contribution in [-0.4, -0.2) is 71.6 Å². The van der Waals surface area contributed by atoms with Crippen molar-refractivity contribution in [3.8, 4) is 5.75 Å². The van der Waals surface area contributed by atoms with Crippen molar-refractivity contribution in [1.82, 2.24) is 19.8 Å². The van der Waals surface area contributed by atoms with Crippen LogP contribution in [0.15, 0.2) is 45.6 Å². The summed E-state index contributed by atoms with van der Waals surface area (Å²) in [5.41, 5.74) is 0.947. The van der Waals surface area contributed by atoms with Gasteiger partial charge in [0.1, 0.15) is 0 Å². The van der Waals surface area contributed by atoms with Crippen LogP contribution in [0.25, 0.3) is 11.0 Å². The van der Waals surface area contributed by atoms with Gasteiger partial charge in [-0.2, -0.15) is 0 Å². The molecule has 1 amide bonds. The van der Waals surface area contributed by atoms with Crippen molar-refractivity contribution in [2.75, 3.05) is 50.9 Å². The molecule has 0 bridgehead atoms. The molecule has 0 saturated carbocycles. The zero-order valence-electron chi connectivity index (χ0n) is 21.7. The molecule has 14 heteroatoms. The molecule has 1 fully saturated rings. The van der Waals surface area contributed by atoms with Crippen LogP contribution in [0, 0.1) is 5.82 Å². The second kappa shape index (κ2) is 12.6. The summed E-state index contributed by atoms with van der Waals surface area (Å²) in [5.74, 6) is -0.392. The molecule has 1 aliphatic heterocycles. The number of carbonyl (C=O) groups excluding carboxylic acids is 1. The zero-order chi connectivity index (χ0) is 28.2. The molecule has 1 aromatic heterocycles. The van der Waals surface area contributed by atoms with Gasteiger partial charge in [0.25, 0.3) is 0 Å². The van der Waals surface area contributed by atoms with E-state index in [2.05, 4.69) is 18.5 Å². The first kappa shape index (κ1) is 29.2. The average Bonchev–Trinajstić information content (AvgIpc) is 2.91. The number of nitrogens with one attached hydrogen (secondary N) is 3. The average molecular weight is 675 g/mol. The van der Waals surface area contributed by atoms with Crippen molar-refractivity contribution in [2.45, 2.75) is 13.0 Å². The Hall–Kier alpha value is -2.79. The Morgan fingerprint density at radius 2 is 1.95 bits per heavy atom. The van der Waals surface area contributed by atoms with Gasteiger partial charge in [-0.3, -0.25) is 0 Å². The van der Waals surface area contributed by atoms with Crippen LogP contribution >= 0.6 is 0 Å². The Morgan fingerprint density at radius 3 is 2.64 bits per heavy atom. The Kier molecular flexibility index (Phi) is 9.43. The van der Waals surface area contributed by atoms with Gasteiger partial charge in [0.2, 0.25) is 0 Å². The Balaban J connectivity index is 1.74. The molecule has 3 aromatic rings. The van der Waals surface area contributed by atoms with Crippen molar-refractivity contribution in [1.29, 1.82) is 0 Å². The molecule has 2 aromatic carbocycles. The number of halogens is 2. The van der Waals surface area contributed by atoms with Gasteiger partial charge in [-0.1, -0.05) is 0 Å². The minimum atomic E-state index is -3.50. The topological polar surface area (TPSA) is 133 Å². The number of benzene rings is 2. The van der Waals surface area contributed by atoms with Crippen molar-refractivity contribution >= 4 is 29.9 Å². The molecular weight excluding hydrogens is 644 g/mol. The summed E-state index contributed by atoms with van der Waals surface area (Å²) in [7, 11) is 0.923. The molecular formula is C25H30FIN5O6S-. The summed E-state index contributed by atoms with van der Waals surface area (Å²) in [5, 5.41) is 3.96. The van der Waals surface area contributed by atoms with Crippen LogP contribution in [-0.2, 0) is 20.2 Å². The number of anilines is 1. The van der Waals surface area contributed by atoms with E-state index in [4.69, 9.17) is 9.15 Å². The maximum absolute atomic E-state index is 15.4. The molecule has 0 spiro atoms. The first-order valence-corrected chi connectivity index (χ1v) is 17.2. The van der Waals surface area contributed by atoms with E-state index < -0.39 is 44.8 Å². The summed E-state index contributed by atoms with van der Waals surface area (Å²) in [6.07, 6.45) is -0.613. The molecule has 3 N–H and O–H groups in total. The molecule has 1 saturated heterocycles. The molecule has 2 heterocycles. The van der Waals surface area contributed by atoms with E-state index in [9.17, 15) is 18.0 Å². The fourth-order valence-electron chi connectivity index (χ4n) is 4.10. The normalized spacial score (nSPS) is 14.5. The molecule has 0 atom stereocenters. The third kappa shape index (κ3) is 7.25. The van der Waals surface area contributed by atoms with Gasteiger partial charge in [-0.15, -0.1) is 0 Å². The Morgan fingerprint density at radius 1 is 1.21 bits per heavy atom. The number of piperazine rings is 1. The first-order chi connectivity index (χ1) is 18.6. The van der Waals surface area contributed by atoms with Gasteiger partial charge in [0.15, 0.2) is 0 Å². The summed E-state index contributed by atoms with van der Waals surface area (Å²) in [6.45, 7) is 3.61. The number of rotatable bonds is 9. The van der Waals surface area contributed by atoms with Crippen molar-refractivity contribution in [3.63, 3.8) is 0 Å². The molecule has 0 aliphatic carbocycles. The summed E-state index contributed by atoms with van der Waals surface area (Å²) in [4.78, 5) is 28.8. The van der Waals surface area contributed by atoms with Crippen LogP contribution in [0.3, 0.4) is 0 Å². The van der Waals surface area contributed by atoms with E-state index in [1.165, 1.54) is 24.1 Å². The molecule has 11 nitrogen and oxygen atoms in total. The van der Waals surface area contributed by atoms with Crippen LogP contribution in [0.1, 0.15) is 16.7 Å². The molecule has 1 aliphatic rings. The van der Waals surface area contributed by atoms with Gasteiger partial charge in [-0.25, -0.2) is 4.79 Å². The summed E-state index contributed by atoms with van der Waals surface area (Å²) >= 11 is -1.61. The predicted octanol–water partition coefficient (Wildman–Crippen LogP) is -1.13. The molecule has 4 rings (SSSR count). The van der Waals surface area contributed by atoms with E-state index >= 15 is 4.39 Å². The monoisotopic (exact) mass is 674 g/mol. The van der Waals surface area contributed by atoms with Crippen LogP contribution < -0.4 is 44.0 Å². The Labute approximate surface area is 234 Å². The standard InChI is InChI=1S/C25H30FIN5O6S/c1-28-39(35,36)27-30-21-6-4-5-16(23(21)26)13-19-20(15-32-11-9-29-10-12-32)18-8-7-17(37-25(34)31(2)3)14-22(18)38-24(19)33/h4-8,14,28-30H,9-13,15H2,1-3H3/q-1. The zero-order valence-corrected chi connectivity index (χ0v) is 24.7. The summed E-state index contributed by atoms with van der Waals surface area (Å²) < 4.78 is 55.0. The van der Waals surface area contributed by atoms with Gasteiger partial charge in [0.05, 0.1) is 0 Å². The van der Waals surface area contributed by atoms with Crippen LogP contribution in [0.5, 0.6) is 5.75 Å². The van der Waals surface area contributed by atoms with E-state index in [1.54, 1.807) is 38.4 Å². The van der Waals surface area contributed by atoms with Gasteiger partial charge < -0.3 is 4.90 Å². The SMILES string of the molecule is CNS(=O)(=O)[I-]Nc1cccc(Cc2c(CN3CCNCC3)c3ccc(OC(=O)N(C)C)cc3oc2=O)c1F. The number of ether oxygens (including phenoxy) is 1. The Bertz CT molecular complexity index is 1530. The third-order valence-corrected chi connectivity index (χ3v) is 11.3. The second-order valence-corrected chi connectivity index (χ2v) is 15.8.